The van der Waals surface area contributed by atoms with E-state index in [1.54, 1.807) is 0 Å². The van der Waals surface area contributed by atoms with Gasteiger partial charge in [0, 0.05) is 18.0 Å². The molecule has 2 fully saturated rings. The monoisotopic (exact) mass is 442 g/mol. The predicted octanol–water partition coefficient (Wildman–Crippen LogP) is 3.60. The van der Waals surface area contributed by atoms with Crippen LogP contribution in [0.25, 0.3) is 10.9 Å². The summed E-state index contributed by atoms with van der Waals surface area (Å²) in [6, 6.07) is 10.1. The molecule has 8 radical (unpaired) electrons. The van der Waals surface area contributed by atoms with Gasteiger partial charge >= 0.3 is 43.7 Å². The molecule has 2 heterocycles. The van der Waals surface area contributed by atoms with Crippen molar-refractivity contribution in [2.75, 3.05) is 6.61 Å². The van der Waals surface area contributed by atoms with Crippen molar-refractivity contribution in [1.29, 1.82) is 5.26 Å². The van der Waals surface area contributed by atoms with Gasteiger partial charge in [-0.2, -0.15) is 5.26 Å². The maximum atomic E-state index is 9.12. The molecule has 2 aliphatic rings. The molecule has 1 atom stereocenters. The van der Waals surface area contributed by atoms with E-state index >= 15 is 0 Å². The van der Waals surface area contributed by atoms with Gasteiger partial charge < -0.3 is 9.30 Å². The summed E-state index contributed by atoms with van der Waals surface area (Å²) in [5, 5.41) is 10.1. The van der Waals surface area contributed by atoms with Crippen molar-refractivity contribution in [2.45, 2.75) is 6.23 Å². The summed E-state index contributed by atoms with van der Waals surface area (Å²) in [7, 11) is 0. The summed E-state index contributed by atoms with van der Waals surface area (Å²) in [6.07, 6.45) is 17.7. The smallest absolute Gasteiger partial charge is 0.0312 e. The molecule has 1 unspecified atom stereocenters. The topological polar surface area (TPSA) is 77.8 Å². The summed E-state index contributed by atoms with van der Waals surface area (Å²) in [5.41, 5.74) is 1.72. The van der Waals surface area contributed by atoms with Crippen molar-refractivity contribution in [1.82, 2.24) is 4.57 Å². The average Bonchev–Trinajstić information content (AvgIpc) is 3.43. The first-order valence-corrected chi connectivity index (χ1v) is 7.59. The van der Waals surface area contributed by atoms with Crippen molar-refractivity contribution in [3.8, 4) is 6.07 Å². The molecule has 6 heteroatoms. The molecule has 2 aromatic rings. The van der Waals surface area contributed by atoms with Crippen LogP contribution in [0.3, 0.4) is 0 Å². The summed E-state index contributed by atoms with van der Waals surface area (Å²) in [4.78, 5) is 0. The van der Waals surface area contributed by atoms with E-state index in [0.29, 0.717) is 12.2 Å². The molecule has 0 bridgehead atoms. The van der Waals surface area contributed by atoms with Crippen LogP contribution in [0.4, 0.5) is 0 Å². The fourth-order valence-corrected chi connectivity index (χ4v) is 2.44. The number of hydrogen-bond donors (Lipinski definition) is 0. The number of benzene rings is 1. The van der Waals surface area contributed by atoms with E-state index in [0.717, 1.165) is 10.9 Å². The molecule has 0 amide bonds. The first kappa shape index (κ1) is 25.4. The van der Waals surface area contributed by atoms with Crippen LogP contribution < -0.4 is 0 Å². The minimum atomic E-state index is -0.119. The number of ether oxygens (including phenoxy) is 1. The number of aromatic nitrogens is 1. The summed E-state index contributed by atoms with van der Waals surface area (Å²) < 4.78 is 22.6. The van der Waals surface area contributed by atoms with E-state index in [1.807, 2.05) is 86.4 Å². The van der Waals surface area contributed by atoms with Crippen LogP contribution in [-0.2, 0) is 35.1 Å². The third kappa shape index (κ3) is 7.49. The third-order valence-electron chi connectivity index (χ3n) is 3.47. The Bertz CT molecular complexity index is 722. The number of fused-ring (bicyclic) bond motifs is 1. The van der Waals surface area contributed by atoms with Crippen LogP contribution in [0.2, 0.25) is 0 Å². The number of rotatable bonds is 1. The first-order valence-electron chi connectivity index (χ1n) is 7.59. The molecular weight excluding hydrogens is 424 g/mol. The molecule has 1 aromatic heterocycles. The maximum Gasteiger partial charge on any atom is 2.00 e. The fourth-order valence-electron chi connectivity index (χ4n) is 2.44. The second kappa shape index (κ2) is 15.4. The van der Waals surface area contributed by atoms with E-state index in [4.69, 9.17) is 19.3 Å². The van der Waals surface area contributed by atoms with Gasteiger partial charge in [0.15, 0.2) is 0 Å². The molecule has 0 spiro atoms. The van der Waals surface area contributed by atoms with Gasteiger partial charge in [0.05, 0.1) is 17.7 Å². The van der Waals surface area contributed by atoms with Gasteiger partial charge in [-0.1, -0.05) is 18.2 Å². The van der Waals surface area contributed by atoms with Crippen LogP contribution in [0.15, 0.2) is 30.5 Å². The van der Waals surface area contributed by atoms with E-state index in [9.17, 15) is 0 Å². The zero-order valence-electron chi connectivity index (χ0n) is 14.3. The molecule has 132 valence electrons. The Hall–Kier alpha value is -1.62. The Morgan fingerprint density at radius 3 is 2.11 bits per heavy atom. The van der Waals surface area contributed by atoms with Crippen LogP contribution in [0.1, 0.15) is 11.8 Å². The number of nitrogens with zero attached hydrogens (tertiary/aromatic N) is 2. The van der Waals surface area contributed by atoms with Crippen LogP contribution in [0, 0.1) is 76.0 Å². The quantitative estimate of drug-likeness (QED) is 0.386. The van der Waals surface area contributed by atoms with E-state index in [-0.39, 0.29) is 27.3 Å². The predicted molar refractivity (Wildman–Crippen MR) is 93.9 cm³/mol. The van der Waals surface area contributed by atoms with Gasteiger partial charge in [-0.05, 0) is 51.0 Å². The molecule has 27 heavy (non-hydrogen) atoms. The van der Waals surface area contributed by atoms with Crippen LogP contribution >= 0.6 is 0 Å². The van der Waals surface area contributed by atoms with Gasteiger partial charge in [-0.3, -0.25) is 0 Å². The molecule has 1 saturated carbocycles. The summed E-state index contributed by atoms with van der Waals surface area (Å²) >= 11 is 0. The summed E-state index contributed by atoms with van der Waals surface area (Å²) in [6.45, 7) is 9.61. The van der Waals surface area contributed by atoms with Crippen molar-refractivity contribution in [3.63, 3.8) is 0 Å². The van der Waals surface area contributed by atoms with Gasteiger partial charge in [0.2, 0.25) is 0 Å². The zero-order valence-corrected chi connectivity index (χ0v) is 16.3. The molecule has 1 aromatic carbocycles. The molecule has 0 N–H and O–H groups in total. The normalized spacial score (nSPS) is 17.4. The van der Waals surface area contributed by atoms with E-state index < -0.39 is 0 Å². The average molecular weight is 440 g/mol. The standard InChI is InChI=1S/C14H11N2O.C5H5.2CO.Mo/c15-9-11-10-16(14-7-3-4-8-17-14)13-6-2-1-5-12(11)13;1-2-4-5-3-1;2*1-2;/h1-7,10,14H,8H2;1-5H;;;/q;;;;+2. The first-order chi connectivity index (χ1) is 12.9. The Morgan fingerprint density at radius 2 is 1.59 bits per heavy atom. The van der Waals surface area contributed by atoms with Crippen molar-refractivity contribution >= 4 is 10.9 Å². The van der Waals surface area contributed by atoms with Gasteiger partial charge in [-0.25, -0.2) is 0 Å². The minimum absolute atomic E-state index is 0. The van der Waals surface area contributed by atoms with Gasteiger partial charge in [0.25, 0.3) is 0 Å². The van der Waals surface area contributed by atoms with Crippen LogP contribution in [0.5, 0.6) is 0 Å². The Balaban J connectivity index is 0.000000574. The van der Waals surface area contributed by atoms with Crippen LogP contribution in [-0.4, -0.2) is 11.2 Å². The van der Waals surface area contributed by atoms with Crippen molar-refractivity contribution in [3.05, 3.63) is 101 Å². The molecule has 1 aliphatic carbocycles. The largest absolute Gasteiger partial charge is 2.00 e. The maximum absolute atomic E-state index is 9.12. The van der Waals surface area contributed by atoms with Crippen molar-refractivity contribution in [2.24, 2.45) is 0 Å². The number of nitriles is 1. The minimum Gasteiger partial charge on any atom is -0.0312 e. The number of hydrogen-bond acceptors (Lipinski definition) is 2. The van der Waals surface area contributed by atoms with Crippen molar-refractivity contribution < 1.29 is 35.1 Å². The Labute approximate surface area is 175 Å². The summed E-state index contributed by atoms with van der Waals surface area (Å²) in [5.74, 6) is 0. The van der Waals surface area contributed by atoms with E-state index in [1.165, 1.54) is 0 Å². The molecule has 1 aliphatic heterocycles. The third-order valence-corrected chi connectivity index (χ3v) is 3.47. The van der Waals surface area contributed by atoms with Gasteiger partial charge in [-0.15, -0.1) is 0 Å². The number of para-hydroxylation sites is 1. The second-order valence-electron chi connectivity index (χ2n) is 4.89. The molecule has 1 saturated heterocycles. The zero-order chi connectivity index (χ0) is 19.2. The molecule has 5 nitrogen and oxygen atoms in total. The Kier molecular flexibility index (Phi) is 14.5. The molecule has 4 rings (SSSR count). The molecular formula is C21H16MoN2O3+2. The fraction of sp³-hybridized carbons (Fsp3) is 0.0952. The van der Waals surface area contributed by atoms with E-state index in [2.05, 4.69) is 19.4 Å². The second-order valence-corrected chi connectivity index (χ2v) is 4.89. The SMILES string of the molecule is N#Cc1cn(C2[CH][CH][CH]CO2)c2ccccc12.[C-]#[O+].[C-]#[O+].[CH]1[CH][CH][CH][CH]1.[Mo+2]. The Morgan fingerprint density at radius 1 is 1.00 bits per heavy atom. The van der Waals surface area contributed by atoms with Gasteiger partial charge in [0.1, 0.15) is 12.3 Å².